The van der Waals surface area contributed by atoms with Crippen LogP contribution >= 0.6 is 11.3 Å². The predicted molar refractivity (Wildman–Crippen MR) is 120 cm³/mol. The van der Waals surface area contributed by atoms with Gasteiger partial charge in [0.05, 0.1) is 5.39 Å². The molecule has 0 bridgehead atoms. The number of carbonyl (C=O) groups is 1. The second-order valence-electron chi connectivity index (χ2n) is 9.14. The standard InChI is InChI=1S/C23H28N4O2S/c1-23(2,3)15-6-7-16-17(11-15)30-22-20(16)21(29)26-18(27-22)8-9-19(28)25-13-14-5-4-10-24-12-14/h4-5,10,12,15H,6-9,11,13H2,1-3H3,(H,25,28)(H,26,27,29)/t15-/m0/s1. The van der Waals surface area contributed by atoms with Gasteiger partial charge in [0.2, 0.25) is 5.91 Å². The summed E-state index contributed by atoms with van der Waals surface area (Å²) in [6.07, 6.45) is 7.21. The average Bonchev–Trinajstić information content (AvgIpc) is 3.09. The highest BCUT2D eigenvalue weighted by Gasteiger charge is 2.31. The third-order valence-electron chi connectivity index (χ3n) is 5.99. The molecule has 0 aromatic carbocycles. The first kappa shape index (κ1) is 20.7. The molecule has 0 aliphatic heterocycles. The van der Waals surface area contributed by atoms with Crippen molar-refractivity contribution in [2.24, 2.45) is 11.3 Å². The van der Waals surface area contributed by atoms with Gasteiger partial charge < -0.3 is 10.3 Å². The van der Waals surface area contributed by atoms with Crippen LogP contribution in [0.25, 0.3) is 10.2 Å². The number of aromatic amines is 1. The Balaban J connectivity index is 1.45. The maximum Gasteiger partial charge on any atom is 0.259 e. The minimum absolute atomic E-state index is 0.0694. The molecule has 0 saturated carbocycles. The van der Waals surface area contributed by atoms with E-state index >= 15 is 0 Å². The largest absolute Gasteiger partial charge is 0.352 e. The lowest BCUT2D eigenvalue weighted by Crippen LogP contribution is -2.26. The second-order valence-corrected chi connectivity index (χ2v) is 10.2. The van der Waals surface area contributed by atoms with Gasteiger partial charge in [-0.2, -0.15) is 0 Å². The Morgan fingerprint density at radius 2 is 2.20 bits per heavy atom. The summed E-state index contributed by atoms with van der Waals surface area (Å²) in [6, 6.07) is 3.76. The van der Waals surface area contributed by atoms with E-state index in [0.717, 1.165) is 35.0 Å². The van der Waals surface area contributed by atoms with E-state index in [1.54, 1.807) is 23.7 Å². The molecule has 158 valence electrons. The van der Waals surface area contributed by atoms with Gasteiger partial charge in [-0.25, -0.2) is 4.98 Å². The van der Waals surface area contributed by atoms with Gasteiger partial charge in [-0.05, 0) is 47.8 Å². The lowest BCUT2D eigenvalue weighted by atomic mass is 9.72. The Hall–Kier alpha value is -2.54. The van der Waals surface area contributed by atoms with Crippen LogP contribution in [0.5, 0.6) is 0 Å². The molecule has 0 radical (unpaired) electrons. The van der Waals surface area contributed by atoms with Gasteiger partial charge in [-0.1, -0.05) is 26.8 Å². The Morgan fingerprint density at radius 3 is 2.93 bits per heavy atom. The zero-order chi connectivity index (χ0) is 21.3. The summed E-state index contributed by atoms with van der Waals surface area (Å²) in [7, 11) is 0. The normalized spacial score (nSPS) is 16.4. The highest BCUT2D eigenvalue weighted by molar-refractivity contribution is 7.18. The van der Waals surface area contributed by atoms with Gasteiger partial charge in [0, 0.05) is 36.7 Å². The van der Waals surface area contributed by atoms with Crippen molar-refractivity contribution >= 4 is 27.5 Å². The Labute approximate surface area is 180 Å². The Morgan fingerprint density at radius 1 is 1.37 bits per heavy atom. The molecular weight excluding hydrogens is 396 g/mol. The van der Waals surface area contributed by atoms with Crippen molar-refractivity contribution < 1.29 is 4.79 Å². The van der Waals surface area contributed by atoms with Crippen LogP contribution in [-0.2, 0) is 30.6 Å². The topological polar surface area (TPSA) is 87.7 Å². The number of amides is 1. The average molecular weight is 425 g/mol. The first-order chi connectivity index (χ1) is 14.3. The lowest BCUT2D eigenvalue weighted by molar-refractivity contribution is -0.121. The number of aryl methyl sites for hydroxylation is 2. The number of H-pyrrole nitrogens is 1. The fourth-order valence-corrected chi connectivity index (χ4v) is 5.43. The zero-order valence-electron chi connectivity index (χ0n) is 17.7. The number of thiophene rings is 1. The molecule has 1 amide bonds. The molecule has 1 aliphatic carbocycles. The van der Waals surface area contributed by atoms with Gasteiger partial charge in [-0.3, -0.25) is 14.6 Å². The van der Waals surface area contributed by atoms with Crippen LogP contribution in [0, 0.1) is 11.3 Å². The van der Waals surface area contributed by atoms with E-state index in [2.05, 4.69) is 36.1 Å². The smallest absolute Gasteiger partial charge is 0.259 e. The molecule has 0 fully saturated rings. The van der Waals surface area contributed by atoms with Crippen LogP contribution in [0.4, 0.5) is 0 Å². The lowest BCUT2D eigenvalue weighted by Gasteiger charge is -2.33. The summed E-state index contributed by atoms with van der Waals surface area (Å²) in [5, 5.41) is 3.64. The molecule has 6 nitrogen and oxygen atoms in total. The second kappa shape index (κ2) is 8.30. The van der Waals surface area contributed by atoms with E-state index in [9.17, 15) is 9.59 Å². The quantitative estimate of drug-likeness (QED) is 0.652. The Kier molecular flexibility index (Phi) is 5.73. The van der Waals surface area contributed by atoms with Gasteiger partial charge in [0.15, 0.2) is 0 Å². The van der Waals surface area contributed by atoms with Crippen molar-refractivity contribution in [3.05, 3.63) is 56.7 Å². The maximum absolute atomic E-state index is 12.8. The van der Waals surface area contributed by atoms with Crippen molar-refractivity contribution in [1.29, 1.82) is 0 Å². The van der Waals surface area contributed by atoms with Crippen molar-refractivity contribution in [2.45, 2.75) is 59.4 Å². The van der Waals surface area contributed by atoms with E-state index in [4.69, 9.17) is 4.98 Å². The molecule has 3 heterocycles. The van der Waals surface area contributed by atoms with E-state index in [-0.39, 0.29) is 23.3 Å². The van der Waals surface area contributed by atoms with E-state index in [0.29, 0.717) is 24.7 Å². The monoisotopic (exact) mass is 424 g/mol. The fraction of sp³-hybridized carbons (Fsp3) is 0.478. The van der Waals surface area contributed by atoms with Crippen molar-refractivity contribution in [1.82, 2.24) is 20.3 Å². The number of carbonyl (C=O) groups excluding carboxylic acids is 1. The molecule has 0 unspecified atom stereocenters. The molecule has 3 aromatic heterocycles. The highest BCUT2D eigenvalue weighted by Crippen LogP contribution is 2.41. The molecule has 0 saturated heterocycles. The summed E-state index contributed by atoms with van der Waals surface area (Å²) in [4.78, 5) is 38.7. The van der Waals surface area contributed by atoms with Crippen molar-refractivity contribution in [2.75, 3.05) is 0 Å². The first-order valence-corrected chi connectivity index (χ1v) is 11.3. The molecule has 3 aromatic rings. The summed E-state index contributed by atoms with van der Waals surface area (Å²) < 4.78 is 0. The molecule has 2 N–H and O–H groups in total. The van der Waals surface area contributed by atoms with Crippen molar-refractivity contribution in [3.63, 3.8) is 0 Å². The van der Waals surface area contributed by atoms with Gasteiger partial charge >= 0.3 is 0 Å². The third kappa shape index (κ3) is 4.46. The van der Waals surface area contributed by atoms with Crippen LogP contribution in [0.1, 0.15) is 55.4 Å². The maximum atomic E-state index is 12.8. The molecule has 1 aliphatic rings. The van der Waals surface area contributed by atoms with Gasteiger partial charge in [0.1, 0.15) is 10.7 Å². The summed E-state index contributed by atoms with van der Waals surface area (Å²) in [5.74, 6) is 1.13. The molecular formula is C23H28N4O2S. The number of fused-ring (bicyclic) bond motifs is 3. The highest BCUT2D eigenvalue weighted by atomic mass is 32.1. The first-order valence-electron chi connectivity index (χ1n) is 10.5. The Bertz CT molecular complexity index is 1110. The molecule has 1 atom stereocenters. The van der Waals surface area contributed by atoms with E-state index in [1.165, 1.54) is 10.4 Å². The van der Waals surface area contributed by atoms with Gasteiger partial charge in [0.25, 0.3) is 5.56 Å². The summed E-state index contributed by atoms with van der Waals surface area (Å²) >= 11 is 1.65. The van der Waals surface area contributed by atoms with Crippen LogP contribution in [0.3, 0.4) is 0 Å². The molecule has 4 rings (SSSR count). The number of rotatable bonds is 5. The van der Waals surface area contributed by atoms with Crippen LogP contribution in [0.15, 0.2) is 29.3 Å². The predicted octanol–water partition coefficient (Wildman–Crippen LogP) is 3.78. The minimum atomic E-state index is -0.0718. The number of nitrogens with one attached hydrogen (secondary N) is 2. The summed E-state index contributed by atoms with van der Waals surface area (Å²) in [6.45, 7) is 7.32. The van der Waals surface area contributed by atoms with E-state index in [1.807, 2.05) is 12.1 Å². The van der Waals surface area contributed by atoms with Crippen molar-refractivity contribution in [3.8, 4) is 0 Å². The fourth-order valence-electron chi connectivity index (χ4n) is 4.11. The van der Waals surface area contributed by atoms with E-state index < -0.39 is 0 Å². The van der Waals surface area contributed by atoms with Gasteiger partial charge in [-0.15, -0.1) is 11.3 Å². The summed E-state index contributed by atoms with van der Waals surface area (Å²) in [5.41, 5.74) is 2.33. The number of aromatic nitrogens is 3. The zero-order valence-corrected chi connectivity index (χ0v) is 18.6. The molecule has 30 heavy (non-hydrogen) atoms. The number of hydrogen-bond acceptors (Lipinski definition) is 5. The number of nitrogens with zero attached hydrogens (tertiary/aromatic N) is 2. The van der Waals surface area contributed by atoms with Crippen LogP contribution < -0.4 is 10.9 Å². The minimum Gasteiger partial charge on any atom is -0.352 e. The molecule has 0 spiro atoms. The number of hydrogen-bond donors (Lipinski definition) is 2. The van der Waals surface area contributed by atoms with Crippen LogP contribution in [0.2, 0.25) is 0 Å². The third-order valence-corrected chi connectivity index (χ3v) is 7.14. The van der Waals surface area contributed by atoms with Crippen LogP contribution in [-0.4, -0.2) is 20.9 Å². The molecule has 7 heteroatoms. The number of pyridine rings is 1. The SMILES string of the molecule is CC(C)(C)[C@H]1CCc2c(sc3nc(CCC(=O)NCc4cccnc4)[nH]c(=O)c23)C1.